The van der Waals surface area contributed by atoms with Gasteiger partial charge < -0.3 is 4.74 Å². The summed E-state index contributed by atoms with van der Waals surface area (Å²) in [6.07, 6.45) is 7.82. The lowest BCUT2D eigenvalue weighted by molar-refractivity contribution is -0.169. The second-order valence-corrected chi connectivity index (χ2v) is 13.1. The molecule has 0 N–H and O–H groups in total. The van der Waals surface area contributed by atoms with E-state index in [4.69, 9.17) is 4.74 Å². The Morgan fingerprint density at radius 3 is 2.22 bits per heavy atom. The molecule has 2 bridgehead atoms. The smallest absolute Gasteiger partial charge is 0.180 e. The molecule has 3 nitrogen and oxygen atoms in total. The number of Topliss-reactive ketones (excluding diaryl/α,β-unsaturated/α-hetero) is 2. The monoisotopic (exact) mass is 500 g/mol. The number of allylic oxidation sites excluding steroid dienone is 7. The third-order valence-electron chi connectivity index (χ3n) is 9.28. The maximum Gasteiger partial charge on any atom is 0.180 e. The lowest BCUT2D eigenvalue weighted by Gasteiger charge is -2.62. The minimum Gasteiger partial charge on any atom is -0.491 e. The summed E-state index contributed by atoms with van der Waals surface area (Å²) < 4.78 is 6.68. The van der Waals surface area contributed by atoms with Gasteiger partial charge in [-0.05, 0) is 96.1 Å². The predicted molar refractivity (Wildman–Crippen MR) is 152 cm³/mol. The zero-order valence-corrected chi connectivity index (χ0v) is 24.1. The van der Waals surface area contributed by atoms with Crippen molar-refractivity contribution in [2.24, 2.45) is 22.2 Å². The van der Waals surface area contributed by atoms with E-state index in [9.17, 15) is 4.79 Å². The minimum absolute atomic E-state index is 0.0220. The van der Waals surface area contributed by atoms with Gasteiger partial charge in [0, 0.05) is 5.57 Å². The van der Waals surface area contributed by atoms with Gasteiger partial charge in [0.2, 0.25) is 0 Å². The van der Waals surface area contributed by atoms with Crippen LogP contribution in [-0.4, -0.2) is 17.2 Å². The van der Waals surface area contributed by atoms with Crippen molar-refractivity contribution in [3.63, 3.8) is 0 Å². The van der Waals surface area contributed by atoms with Gasteiger partial charge >= 0.3 is 0 Å². The summed E-state index contributed by atoms with van der Waals surface area (Å²) in [6, 6.07) is 9.84. The van der Waals surface area contributed by atoms with Crippen LogP contribution in [0, 0.1) is 22.2 Å². The molecular formula is C34H44O3. The standard InChI is InChI=1S/C34H44O3/c1-22(2)15-16-26-21-33(20-17-23(3)4)29-27(18-19-31(6,7)37-29)28(35)34(30(33)36,32(26,8)9)24(5)25-13-11-10-12-14-25/h10-15,17,26H,5,16,18-21H2,1-4,6-9H3/t26-,33+,34-/m1/s1. The van der Waals surface area contributed by atoms with Gasteiger partial charge in [0.15, 0.2) is 11.6 Å². The van der Waals surface area contributed by atoms with Crippen LogP contribution in [0.1, 0.15) is 93.1 Å². The molecule has 1 saturated carbocycles. The summed E-state index contributed by atoms with van der Waals surface area (Å²) in [7, 11) is 0. The highest BCUT2D eigenvalue weighted by atomic mass is 16.5. The summed E-state index contributed by atoms with van der Waals surface area (Å²) in [5, 5.41) is 0. The molecule has 1 aliphatic heterocycles. The quantitative estimate of drug-likeness (QED) is 0.291. The molecule has 2 aliphatic carbocycles. The number of hydrogen-bond acceptors (Lipinski definition) is 3. The normalized spacial score (nSPS) is 29.7. The van der Waals surface area contributed by atoms with Crippen molar-refractivity contribution < 1.29 is 14.3 Å². The summed E-state index contributed by atoms with van der Waals surface area (Å²) in [6.45, 7) is 21.3. The second kappa shape index (κ2) is 9.26. The fourth-order valence-electron chi connectivity index (χ4n) is 7.00. The summed E-state index contributed by atoms with van der Waals surface area (Å²) in [5.41, 5.74) is 1.34. The second-order valence-electron chi connectivity index (χ2n) is 13.1. The molecule has 1 heterocycles. The van der Waals surface area contributed by atoms with Crippen LogP contribution in [0.15, 0.2) is 71.5 Å². The molecule has 1 aromatic carbocycles. The lowest BCUT2D eigenvalue weighted by atomic mass is 9.38. The fraction of sp³-hybridized carbons (Fsp3) is 0.529. The molecular weight excluding hydrogens is 456 g/mol. The van der Waals surface area contributed by atoms with Crippen molar-refractivity contribution in [2.45, 2.75) is 93.1 Å². The van der Waals surface area contributed by atoms with Crippen LogP contribution in [0.4, 0.5) is 0 Å². The van der Waals surface area contributed by atoms with Crippen LogP contribution >= 0.6 is 0 Å². The zero-order valence-electron chi connectivity index (χ0n) is 24.1. The molecule has 37 heavy (non-hydrogen) atoms. The summed E-state index contributed by atoms with van der Waals surface area (Å²) in [4.78, 5) is 30.1. The van der Waals surface area contributed by atoms with Crippen LogP contribution < -0.4 is 0 Å². The van der Waals surface area contributed by atoms with E-state index < -0.39 is 21.8 Å². The van der Waals surface area contributed by atoms with E-state index in [1.807, 2.05) is 30.3 Å². The van der Waals surface area contributed by atoms with Gasteiger partial charge in [-0.25, -0.2) is 0 Å². The van der Waals surface area contributed by atoms with Gasteiger partial charge in [-0.15, -0.1) is 0 Å². The Hall–Kier alpha value is -2.68. The van der Waals surface area contributed by atoms with Gasteiger partial charge in [0.1, 0.15) is 16.8 Å². The van der Waals surface area contributed by atoms with Crippen LogP contribution in [0.3, 0.4) is 0 Å². The predicted octanol–water partition coefficient (Wildman–Crippen LogP) is 8.43. The third kappa shape index (κ3) is 4.10. The Balaban J connectivity index is 2.08. The average Bonchev–Trinajstić information content (AvgIpc) is 2.82. The summed E-state index contributed by atoms with van der Waals surface area (Å²) in [5.74, 6) is 0.631. The number of hydrogen-bond donors (Lipinski definition) is 0. The van der Waals surface area contributed by atoms with E-state index >= 15 is 4.79 Å². The number of ether oxygens (including phenoxy) is 1. The first-order valence-electron chi connectivity index (χ1n) is 13.7. The molecule has 0 unspecified atom stereocenters. The van der Waals surface area contributed by atoms with Gasteiger partial charge in [-0.1, -0.05) is 74.1 Å². The summed E-state index contributed by atoms with van der Waals surface area (Å²) >= 11 is 0. The molecule has 0 saturated heterocycles. The van der Waals surface area contributed by atoms with E-state index in [-0.39, 0.29) is 17.5 Å². The molecule has 4 rings (SSSR count). The highest BCUT2D eigenvalue weighted by molar-refractivity contribution is 6.28. The highest BCUT2D eigenvalue weighted by Crippen LogP contribution is 2.69. The molecule has 0 aromatic heterocycles. The maximum absolute atomic E-state index is 15.2. The fourth-order valence-corrected chi connectivity index (χ4v) is 7.00. The number of ketones is 2. The highest BCUT2D eigenvalue weighted by Gasteiger charge is 2.73. The number of rotatable bonds is 6. The van der Waals surface area contributed by atoms with Gasteiger partial charge in [0.05, 0.1) is 5.41 Å². The van der Waals surface area contributed by atoms with Crippen LogP contribution in [0.2, 0.25) is 0 Å². The number of fused-ring (bicyclic) bond motifs is 3. The van der Waals surface area contributed by atoms with E-state index in [2.05, 4.69) is 74.1 Å². The van der Waals surface area contributed by atoms with Crippen molar-refractivity contribution in [1.29, 1.82) is 0 Å². The first-order chi connectivity index (χ1) is 17.2. The van der Waals surface area contributed by atoms with E-state index in [1.54, 1.807) is 0 Å². The third-order valence-corrected chi connectivity index (χ3v) is 9.28. The SMILES string of the molecule is C=C(c1ccccc1)[C@]12C(=O)C3=C(OC(C)(C)CC3)[C@](CC=C(C)C)(C[C@@H](CC=C(C)C)C1(C)C)C2=O. The van der Waals surface area contributed by atoms with E-state index in [0.29, 0.717) is 36.2 Å². The molecule has 3 aliphatic rings. The van der Waals surface area contributed by atoms with Crippen molar-refractivity contribution in [3.05, 3.63) is 77.1 Å². The molecule has 0 spiro atoms. The molecule has 0 radical (unpaired) electrons. The Bertz CT molecular complexity index is 1210. The van der Waals surface area contributed by atoms with Crippen molar-refractivity contribution in [3.8, 4) is 0 Å². The van der Waals surface area contributed by atoms with E-state index in [1.165, 1.54) is 5.57 Å². The Kier molecular flexibility index (Phi) is 6.84. The van der Waals surface area contributed by atoms with Crippen LogP contribution in [0.5, 0.6) is 0 Å². The first kappa shape index (κ1) is 27.4. The van der Waals surface area contributed by atoms with Crippen molar-refractivity contribution >= 4 is 17.1 Å². The van der Waals surface area contributed by atoms with Crippen molar-refractivity contribution in [2.75, 3.05) is 0 Å². The van der Waals surface area contributed by atoms with Crippen molar-refractivity contribution in [1.82, 2.24) is 0 Å². The number of carbonyl (C=O) groups is 2. The first-order valence-corrected chi connectivity index (χ1v) is 13.7. The zero-order chi connectivity index (χ0) is 27.4. The maximum atomic E-state index is 15.2. The molecule has 0 amide bonds. The molecule has 3 atom stereocenters. The van der Waals surface area contributed by atoms with E-state index in [0.717, 1.165) is 24.0 Å². The number of benzene rings is 1. The number of carbonyl (C=O) groups excluding carboxylic acids is 2. The topological polar surface area (TPSA) is 43.4 Å². The lowest BCUT2D eigenvalue weighted by Crippen LogP contribution is -2.67. The Morgan fingerprint density at radius 2 is 1.62 bits per heavy atom. The average molecular weight is 501 g/mol. The molecule has 3 heteroatoms. The molecule has 1 fully saturated rings. The van der Waals surface area contributed by atoms with Gasteiger partial charge in [-0.3, -0.25) is 9.59 Å². The van der Waals surface area contributed by atoms with Crippen LogP contribution in [0.25, 0.3) is 5.57 Å². The largest absolute Gasteiger partial charge is 0.491 e. The van der Waals surface area contributed by atoms with Gasteiger partial charge in [0.25, 0.3) is 0 Å². The molecule has 198 valence electrons. The van der Waals surface area contributed by atoms with Gasteiger partial charge in [-0.2, -0.15) is 0 Å². The van der Waals surface area contributed by atoms with Crippen LogP contribution in [-0.2, 0) is 14.3 Å². The Morgan fingerprint density at radius 1 is 1.00 bits per heavy atom. The molecule has 1 aromatic rings. The Labute approximate surface area is 223 Å². The minimum atomic E-state index is -1.34.